The van der Waals surface area contributed by atoms with Crippen molar-refractivity contribution in [3.63, 3.8) is 0 Å². The molecule has 4 aromatic rings. The number of benzene rings is 3. The molecule has 0 atom stereocenters. The van der Waals surface area contributed by atoms with Crippen molar-refractivity contribution in [2.24, 2.45) is 0 Å². The maximum absolute atomic E-state index is 13.6. The van der Waals surface area contributed by atoms with Crippen molar-refractivity contribution in [1.82, 2.24) is 14.5 Å². The van der Waals surface area contributed by atoms with Crippen molar-refractivity contribution in [3.05, 3.63) is 105 Å². The first-order valence-electron chi connectivity index (χ1n) is 12.8. The van der Waals surface area contributed by atoms with Crippen LogP contribution in [0.4, 0.5) is 5.69 Å². The minimum atomic E-state index is -0.617. The lowest BCUT2D eigenvalue weighted by molar-refractivity contribution is -0.120. The summed E-state index contributed by atoms with van der Waals surface area (Å²) in [6.07, 6.45) is 3.31. The molecule has 0 saturated heterocycles. The van der Waals surface area contributed by atoms with Crippen molar-refractivity contribution in [3.8, 4) is 5.69 Å². The van der Waals surface area contributed by atoms with Crippen LogP contribution < -0.4 is 21.9 Å². The smallest absolute Gasteiger partial charge is 0.336 e. The molecule has 0 unspecified atom stereocenters. The first-order valence-corrected chi connectivity index (χ1v) is 12.8. The lowest BCUT2D eigenvalue weighted by atomic mass is 10.1. The topological polar surface area (TPSA) is 102 Å². The van der Waals surface area contributed by atoms with Crippen LogP contribution in [0.3, 0.4) is 0 Å². The second-order valence-corrected chi connectivity index (χ2v) is 9.34. The largest absolute Gasteiger partial charge is 0.356 e. The van der Waals surface area contributed by atoms with Gasteiger partial charge < -0.3 is 10.6 Å². The number of unbranched alkanes of at least 4 members (excludes halogenated alkanes) is 2. The maximum atomic E-state index is 13.6. The zero-order valence-electron chi connectivity index (χ0n) is 21.7. The monoisotopic (exact) mass is 512 g/mol. The summed E-state index contributed by atoms with van der Waals surface area (Å²) in [5, 5.41) is 6.04. The first kappa shape index (κ1) is 26.6. The molecule has 196 valence electrons. The number of anilines is 1. The number of aromatic nitrogens is 2. The molecule has 2 N–H and O–H groups in total. The first-order chi connectivity index (χ1) is 18.4. The van der Waals surface area contributed by atoms with Gasteiger partial charge in [0.15, 0.2) is 0 Å². The minimum Gasteiger partial charge on any atom is -0.356 e. The maximum Gasteiger partial charge on any atom is 0.336 e. The van der Waals surface area contributed by atoms with Crippen LogP contribution in [0.1, 0.15) is 37.3 Å². The number of para-hydroxylation sites is 1. The van der Waals surface area contributed by atoms with Crippen molar-refractivity contribution >= 4 is 28.4 Å². The van der Waals surface area contributed by atoms with Crippen LogP contribution in [-0.4, -0.2) is 27.5 Å². The molecule has 2 amide bonds. The Morgan fingerprint density at radius 2 is 1.55 bits per heavy atom. The lowest BCUT2D eigenvalue weighted by Crippen LogP contribution is -2.40. The molecule has 1 heterocycles. The summed E-state index contributed by atoms with van der Waals surface area (Å²) in [4.78, 5) is 52.0. The summed E-state index contributed by atoms with van der Waals surface area (Å²) in [6, 6.07) is 20.9. The van der Waals surface area contributed by atoms with E-state index in [1.807, 2.05) is 19.1 Å². The number of aryl methyl sites for hydroxylation is 1. The van der Waals surface area contributed by atoms with Gasteiger partial charge in [-0.2, -0.15) is 0 Å². The van der Waals surface area contributed by atoms with Crippen molar-refractivity contribution in [1.29, 1.82) is 0 Å². The third-order valence-corrected chi connectivity index (χ3v) is 6.35. The van der Waals surface area contributed by atoms with E-state index in [-0.39, 0.29) is 24.8 Å². The predicted octanol–water partition coefficient (Wildman–Crippen LogP) is 3.95. The summed E-state index contributed by atoms with van der Waals surface area (Å²) in [5.74, 6) is -0.453. The molecule has 0 aliphatic carbocycles. The van der Waals surface area contributed by atoms with Crippen LogP contribution in [0.25, 0.3) is 16.6 Å². The Hall–Kier alpha value is -4.46. The second kappa shape index (κ2) is 12.2. The molecular formula is C30H32N4O4. The van der Waals surface area contributed by atoms with E-state index in [4.69, 9.17) is 0 Å². The minimum absolute atomic E-state index is 0.0707. The number of nitrogens with zero attached hydrogens (tertiary/aromatic N) is 2. The van der Waals surface area contributed by atoms with Crippen LogP contribution >= 0.6 is 0 Å². The Kier molecular flexibility index (Phi) is 8.53. The van der Waals surface area contributed by atoms with Gasteiger partial charge in [0.1, 0.15) is 6.54 Å². The average Bonchev–Trinajstić information content (AvgIpc) is 2.91. The molecule has 1 aromatic heterocycles. The van der Waals surface area contributed by atoms with E-state index in [0.717, 1.165) is 35.0 Å². The van der Waals surface area contributed by atoms with E-state index >= 15 is 0 Å². The number of hydrogen-bond donors (Lipinski definition) is 2. The van der Waals surface area contributed by atoms with Gasteiger partial charge in [0.25, 0.3) is 5.56 Å². The average molecular weight is 513 g/mol. The van der Waals surface area contributed by atoms with Gasteiger partial charge in [-0.25, -0.2) is 9.36 Å². The molecule has 0 saturated carbocycles. The van der Waals surface area contributed by atoms with Gasteiger partial charge in [0, 0.05) is 12.2 Å². The molecule has 3 aromatic carbocycles. The highest BCUT2D eigenvalue weighted by Crippen LogP contribution is 2.13. The highest BCUT2D eigenvalue weighted by atomic mass is 16.2. The van der Waals surface area contributed by atoms with Gasteiger partial charge in [0.2, 0.25) is 11.8 Å². The highest BCUT2D eigenvalue weighted by Gasteiger charge is 2.17. The van der Waals surface area contributed by atoms with Crippen molar-refractivity contribution in [2.45, 2.75) is 46.1 Å². The van der Waals surface area contributed by atoms with Crippen LogP contribution in [0.15, 0.2) is 82.4 Å². The lowest BCUT2D eigenvalue weighted by Gasteiger charge is -2.14. The Bertz CT molecular complexity index is 1550. The molecule has 4 rings (SSSR count). The fourth-order valence-corrected chi connectivity index (χ4v) is 4.30. The number of nitrogens with one attached hydrogen (secondary N) is 2. The standard InChI is InChI=1S/C30H32N4O4/c1-3-4-7-18-31-27(35)19-22-12-16-24(17-13-22)34-29(37)25-8-5-6-9-26(25)33(30(34)38)20-28(36)32-23-14-10-21(2)11-15-23/h5-6,8-17H,3-4,7,18-20H2,1-2H3,(H,31,35)(H,32,36). The van der Waals surface area contributed by atoms with Gasteiger partial charge in [-0.1, -0.05) is 61.7 Å². The van der Waals surface area contributed by atoms with Crippen molar-refractivity contribution < 1.29 is 9.59 Å². The van der Waals surface area contributed by atoms with Crippen molar-refractivity contribution in [2.75, 3.05) is 11.9 Å². The SMILES string of the molecule is CCCCCNC(=O)Cc1ccc(-n2c(=O)c3ccccc3n(CC(=O)Nc3ccc(C)cc3)c2=O)cc1. The summed E-state index contributed by atoms with van der Waals surface area (Å²) in [7, 11) is 0. The fourth-order valence-electron chi connectivity index (χ4n) is 4.30. The van der Waals surface area contributed by atoms with Gasteiger partial charge in [-0.15, -0.1) is 0 Å². The van der Waals surface area contributed by atoms with E-state index in [9.17, 15) is 19.2 Å². The van der Waals surface area contributed by atoms with E-state index in [2.05, 4.69) is 17.6 Å². The zero-order valence-corrected chi connectivity index (χ0v) is 21.7. The molecular weight excluding hydrogens is 480 g/mol. The Morgan fingerprint density at radius 1 is 0.842 bits per heavy atom. The fraction of sp³-hybridized carbons (Fsp3) is 0.267. The quantitative estimate of drug-likeness (QED) is 0.314. The van der Waals surface area contributed by atoms with E-state index in [1.54, 1.807) is 60.7 Å². The third kappa shape index (κ3) is 6.26. The molecule has 8 heteroatoms. The molecule has 0 radical (unpaired) electrons. The normalized spacial score (nSPS) is 10.9. The zero-order chi connectivity index (χ0) is 27.1. The number of fused-ring (bicyclic) bond motifs is 1. The van der Waals surface area contributed by atoms with Gasteiger partial charge in [0.05, 0.1) is 23.0 Å². The Labute approximate surface area is 220 Å². The molecule has 0 aliphatic rings. The number of rotatable bonds is 10. The Morgan fingerprint density at radius 3 is 2.26 bits per heavy atom. The number of amides is 2. The van der Waals surface area contributed by atoms with E-state index in [1.165, 1.54) is 4.57 Å². The molecule has 0 aliphatic heterocycles. The van der Waals surface area contributed by atoms with Crippen LogP contribution in [0.2, 0.25) is 0 Å². The van der Waals surface area contributed by atoms with Gasteiger partial charge in [-0.3, -0.25) is 19.0 Å². The number of carbonyl (C=O) groups excluding carboxylic acids is 2. The second-order valence-electron chi connectivity index (χ2n) is 9.34. The summed E-state index contributed by atoms with van der Waals surface area (Å²) < 4.78 is 2.37. The highest BCUT2D eigenvalue weighted by molar-refractivity contribution is 5.91. The molecule has 0 bridgehead atoms. The number of carbonyl (C=O) groups is 2. The number of hydrogen-bond acceptors (Lipinski definition) is 4. The van der Waals surface area contributed by atoms with E-state index in [0.29, 0.717) is 28.8 Å². The molecule has 8 nitrogen and oxygen atoms in total. The molecule has 0 spiro atoms. The van der Waals surface area contributed by atoms with Crippen LogP contribution in [0, 0.1) is 6.92 Å². The predicted molar refractivity (Wildman–Crippen MR) is 150 cm³/mol. The summed E-state index contributed by atoms with van der Waals surface area (Å²) in [5.41, 5.74) is 2.12. The molecule has 38 heavy (non-hydrogen) atoms. The van der Waals surface area contributed by atoms with Gasteiger partial charge in [-0.05, 0) is 55.3 Å². The summed E-state index contributed by atoms with van der Waals surface area (Å²) >= 11 is 0. The Balaban J connectivity index is 1.61. The third-order valence-electron chi connectivity index (χ3n) is 6.35. The van der Waals surface area contributed by atoms with E-state index < -0.39 is 11.2 Å². The van der Waals surface area contributed by atoms with Crippen LogP contribution in [-0.2, 0) is 22.6 Å². The van der Waals surface area contributed by atoms with Crippen LogP contribution in [0.5, 0.6) is 0 Å². The summed E-state index contributed by atoms with van der Waals surface area (Å²) in [6.45, 7) is 4.45. The molecule has 0 fully saturated rings. The van der Waals surface area contributed by atoms with Gasteiger partial charge >= 0.3 is 5.69 Å².